The van der Waals surface area contributed by atoms with Gasteiger partial charge in [0.05, 0.1) is 7.11 Å². The first-order chi connectivity index (χ1) is 7.70. The summed E-state index contributed by atoms with van der Waals surface area (Å²) >= 11 is 0. The Kier molecular flexibility index (Phi) is 2.81. The van der Waals surface area contributed by atoms with Gasteiger partial charge in [-0.25, -0.2) is 0 Å². The Morgan fingerprint density at radius 2 is 2.31 bits per heavy atom. The van der Waals surface area contributed by atoms with Gasteiger partial charge in [0.1, 0.15) is 5.92 Å². The monoisotopic (exact) mass is 221 g/mol. The van der Waals surface area contributed by atoms with Crippen molar-refractivity contribution >= 4 is 11.8 Å². The minimum atomic E-state index is -0.646. The zero-order chi connectivity index (χ0) is 11.7. The maximum atomic E-state index is 12.0. The Bertz CT molecular complexity index is 422. The van der Waals surface area contributed by atoms with Crippen LogP contribution in [0.2, 0.25) is 0 Å². The molecule has 4 nitrogen and oxygen atoms in total. The van der Waals surface area contributed by atoms with Crippen LogP contribution in [0.5, 0.6) is 0 Å². The molecule has 1 N–H and O–H groups in total. The molecule has 1 aromatic heterocycles. The lowest BCUT2D eigenvalue weighted by atomic mass is 9.90. The summed E-state index contributed by atoms with van der Waals surface area (Å²) in [5, 5.41) is 0. The van der Waals surface area contributed by atoms with E-state index in [1.165, 1.54) is 7.11 Å². The highest BCUT2D eigenvalue weighted by molar-refractivity contribution is 6.12. The average molecular weight is 221 g/mol. The van der Waals surface area contributed by atoms with Crippen molar-refractivity contribution in [2.75, 3.05) is 7.11 Å². The van der Waals surface area contributed by atoms with Crippen LogP contribution in [-0.2, 0) is 9.53 Å². The molecule has 2 atom stereocenters. The van der Waals surface area contributed by atoms with E-state index in [2.05, 4.69) is 4.98 Å². The molecule has 0 radical (unpaired) electrons. The van der Waals surface area contributed by atoms with E-state index >= 15 is 0 Å². The Labute approximate surface area is 94.0 Å². The highest BCUT2D eigenvalue weighted by Crippen LogP contribution is 2.40. The standard InChI is InChI=1S/C12H15NO3/c1-3-4-7-9(12(15)16-2)11(14)8-5-6-13-10(7)8/h5-7,9,13H,3-4H2,1-2H3. The van der Waals surface area contributed by atoms with E-state index in [0.29, 0.717) is 5.56 Å². The number of hydrogen-bond donors (Lipinski definition) is 1. The van der Waals surface area contributed by atoms with Gasteiger partial charge in [0.2, 0.25) is 0 Å². The number of nitrogens with one attached hydrogen (secondary N) is 1. The molecule has 0 bridgehead atoms. The number of Topliss-reactive ketones (excluding diaryl/α,β-unsaturated/α-hetero) is 1. The molecule has 0 saturated carbocycles. The second-order valence-corrected chi connectivity index (χ2v) is 4.07. The third-order valence-electron chi connectivity index (χ3n) is 3.15. The summed E-state index contributed by atoms with van der Waals surface area (Å²) in [5.74, 6) is -1.23. The van der Waals surface area contributed by atoms with Crippen molar-refractivity contribution in [1.29, 1.82) is 0 Å². The smallest absolute Gasteiger partial charge is 0.317 e. The van der Waals surface area contributed by atoms with Gasteiger partial charge in [0.25, 0.3) is 0 Å². The molecule has 16 heavy (non-hydrogen) atoms. The molecule has 1 heterocycles. The van der Waals surface area contributed by atoms with Gasteiger partial charge in [-0.15, -0.1) is 0 Å². The first-order valence-electron chi connectivity index (χ1n) is 5.50. The van der Waals surface area contributed by atoms with Gasteiger partial charge in [-0.2, -0.15) is 0 Å². The third-order valence-corrected chi connectivity index (χ3v) is 3.15. The molecule has 0 aromatic carbocycles. The van der Waals surface area contributed by atoms with E-state index in [0.717, 1.165) is 18.5 Å². The van der Waals surface area contributed by atoms with Gasteiger partial charge in [-0.3, -0.25) is 9.59 Å². The molecular weight excluding hydrogens is 206 g/mol. The zero-order valence-corrected chi connectivity index (χ0v) is 9.45. The Balaban J connectivity index is 2.37. The van der Waals surface area contributed by atoms with Crippen molar-refractivity contribution in [3.05, 3.63) is 23.5 Å². The summed E-state index contributed by atoms with van der Waals surface area (Å²) in [6, 6.07) is 1.74. The van der Waals surface area contributed by atoms with Crippen LogP contribution in [0.25, 0.3) is 0 Å². The zero-order valence-electron chi connectivity index (χ0n) is 9.45. The van der Waals surface area contributed by atoms with Gasteiger partial charge >= 0.3 is 5.97 Å². The average Bonchev–Trinajstić information content (AvgIpc) is 2.83. The second kappa shape index (κ2) is 4.12. The van der Waals surface area contributed by atoms with Crippen LogP contribution in [0.3, 0.4) is 0 Å². The maximum Gasteiger partial charge on any atom is 0.317 e. The number of aromatic nitrogens is 1. The fourth-order valence-corrected chi connectivity index (χ4v) is 2.44. The lowest BCUT2D eigenvalue weighted by Crippen LogP contribution is -2.25. The number of fused-ring (bicyclic) bond motifs is 1. The number of hydrogen-bond acceptors (Lipinski definition) is 3. The number of rotatable bonds is 3. The van der Waals surface area contributed by atoms with Crippen molar-refractivity contribution in [2.45, 2.75) is 25.7 Å². The van der Waals surface area contributed by atoms with E-state index < -0.39 is 11.9 Å². The molecule has 0 amide bonds. The van der Waals surface area contributed by atoms with E-state index in [4.69, 9.17) is 4.74 Å². The van der Waals surface area contributed by atoms with Crippen LogP contribution in [0.1, 0.15) is 41.7 Å². The van der Waals surface area contributed by atoms with Crippen LogP contribution in [-0.4, -0.2) is 23.8 Å². The number of methoxy groups -OCH3 is 1. The molecule has 0 aliphatic heterocycles. The molecule has 0 fully saturated rings. The van der Waals surface area contributed by atoms with Crippen molar-refractivity contribution in [3.8, 4) is 0 Å². The van der Waals surface area contributed by atoms with Gasteiger partial charge < -0.3 is 9.72 Å². The van der Waals surface area contributed by atoms with Crippen molar-refractivity contribution in [1.82, 2.24) is 4.98 Å². The van der Waals surface area contributed by atoms with Gasteiger partial charge in [-0.05, 0) is 12.5 Å². The number of ether oxygens (including phenoxy) is 1. The van der Waals surface area contributed by atoms with Crippen LogP contribution in [0.4, 0.5) is 0 Å². The number of ketones is 1. The molecule has 1 aliphatic carbocycles. The highest BCUT2D eigenvalue weighted by Gasteiger charge is 2.45. The number of esters is 1. The lowest BCUT2D eigenvalue weighted by Gasteiger charge is -2.15. The molecular formula is C12H15NO3. The third kappa shape index (κ3) is 1.45. The second-order valence-electron chi connectivity index (χ2n) is 4.07. The Hall–Kier alpha value is -1.58. The van der Waals surface area contributed by atoms with Gasteiger partial charge in [-0.1, -0.05) is 13.3 Å². The Morgan fingerprint density at radius 1 is 1.56 bits per heavy atom. The number of H-pyrrole nitrogens is 1. The number of carbonyl (C=O) groups excluding carboxylic acids is 2. The predicted octanol–water partition coefficient (Wildman–Crippen LogP) is 1.88. The molecule has 2 rings (SSSR count). The first kappa shape index (κ1) is 10.9. The molecule has 1 aromatic rings. The molecule has 2 unspecified atom stereocenters. The highest BCUT2D eigenvalue weighted by atomic mass is 16.5. The summed E-state index contributed by atoms with van der Waals surface area (Å²) < 4.78 is 4.71. The number of aromatic amines is 1. The molecule has 4 heteroatoms. The topological polar surface area (TPSA) is 59.2 Å². The van der Waals surface area contributed by atoms with Crippen LogP contribution in [0.15, 0.2) is 12.3 Å². The van der Waals surface area contributed by atoms with Gasteiger partial charge in [0.15, 0.2) is 5.78 Å². The minimum absolute atomic E-state index is 0.0463. The predicted molar refractivity (Wildman–Crippen MR) is 58.3 cm³/mol. The normalized spacial score (nSPS) is 23.2. The van der Waals surface area contributed by atoms with E-state index in [1.54, 1.807) is 12.3 Å². The quantitative estimate of drug-likeness (QED) is 0.626. The summed E-state index contributed by atoms with van der Waals surface area (Å²) in [7, 11) is 1.32. The maximum absolute atomic E-state index is 12.0. The summed E-state index contributed by atoms with van der Waals surface area (Å²) in [4.78, 5) is 26.7. The van der Waals surface area contributed by atoms with E-state index in [1.807, 2.05) is 6.92 Å². The van der Waals surface area contributed by atoms with E-state index in [9.17, 15) is 9.59 Å². The molecule has 0 spiro atoms. The van der Waals surface area contributed by atoms with Gasteiger partial charge in [0, 0.05) is 23.4 Å². The lowest BCUT2D eigenvalue weighted by molar-refractivity contribution is -0.144. The van der Waals surface area contributed by atoms with Crippen molar-refractivity contribution in [3.63, 3.8) is 0 Å². The summed E-state index contributed by atoms with van der Waals surface area (Å²) in [6.45, 7) is 2.04. The minimum Gasteiger partial charge on any atom is -0.468 e. The van der Waals surface area contributed by atoms with Crippen LogP contribution < -0.4 is 0 Å². The molecule has 1 aliphatic rings. The summed E-state index contributed by atoms with van der Waals surface area (Å²) in [6.07, 6.45) is 3.50. The first-order valence-corrected chi connectivity index (χ1v) is 5.50. The SMILES string of the molecule is CCCC1c2[nH]ccc2C(=O)C1C(=O)OC. The van der Waals surface area contributed by atoms with E-state index in [-0.39, 0.29) is 11.7 Å². The fraction of sp³-hybridized carbons (Fsp3) is 0.500. The Morgan fingerprint density at radius 3 is 2.94 bits per heavy atom. The van der Waals surface area contributed by atoms with Crippen molar-refractivity contribution in [2.24, 2.45) is 5.92 Å². The largest absolute Gasteiger partial charge is 0.468 e. The van der Waals surface area contributed by atoms with Crippen molar-refractivity contribution < 1.29 is 14.3 Å². The molecule has 0 saturated heterocycles. The number of carbonyl (C=O) groups is 2. The fourth-order valence-electron chi connectivity index (χ4n) is 2.44. The van der Waals surface area contributed by atoms with Crippen LogP contribution in [0, 0.1) is 5.92 Å². The summed E-state index contributed by atoms with van der Waals surface area (Å²) in [5.41, 5.74) is 1.54. The molecule has 86 valence electrons. The van der Waals surface area contributed by atoms with Crippen LogP contribution >= 0.6 is 0 Å².